The Morgan fingerprint density at radius 2 is 1.95 bits per heavy atom. The zero-order valence-electron chi connectivity index (χ0n) is 11.5. The van der Waals surface area contributed by atoms with E-state index in [9.17, 15) is 14.9 Å². The lowest BCUT2D eigenvalue weighted by Crippen LogP contribution is -2.02. The van der Waals surface area contributed by atoms with Crippen LogP contribution in [0.2, 0.25) is 0 Å². The topological polar surface area (TPSA) is 93.2 Å². The smallest absolute Gasteiger partial charge is 0.338 e. The number of rotatable bonds is 4. The van der Waals surface area contributed by atoms with Crippen molar-refractivity contribution in [2.24, 2.45) is 0 Å². The van der Waals surface area contributed by atoms with Gasteiger partial charge in [0.05, 0.1) is 34.1 Å². The third-order valence-electron chi connectivity index (χ3n) is 2.79. The van der Waals surface area contributed by atoms with Gasteiger partial charge in [-0.3, -0.25) is 10.1 Å². The fraction of sp³-hybridized carbons (Fsp3) is 0.0667. The van der Waals surface area contributed by atoms with Gasteiger partial charge in [0.15, 0.2) is 0 Å². The molecule has 2 aromatic carbocycles. The Labute approximate surface area is 130 Å². The molecule has 0 aliphatic heterocycles. The van der Waals surface area contributed by atoms with E-state index in [1.807, 2.05) is 6.07 Å². The highest BCUT2D eigenvalue weighted by Gasteiger charge is 2.18. The lowest BCUT2D eigenvalue weighted by Gasteiger charge is -2.05. The lowest BCUT2D eigenvalue weighted by molar-refractivity contribution is -0.387. The summed E-state index contributed by atoms with van der Waals surface area (Å²) in [7, 11) is 1.22. The fourth-order valence-corrected chi connectivity index (χ4v) is 2.62. The molecule has 0 bridgehead atoms. The highest BCUT2D eigenvalue weighted by molar-refractivity contribution is 7.99. The van der Waals surface area contributed by atoms with Gasteiger partial charge >= 0.3 is 5.97 Å². The molecule has 6 nitrogen and oxygen atoms in total. The number of nitriles is 1. The van der Waals surface area contributed by atoms with Crippen molar-refractivity contribution in [3.63, 3.8) is 0 Å². The van der Waals surface area contributed by atoms with Crippen LogP contribution in [0.15, 0.2) is 52.3 Å². The molecule has 2 aromatic rings. The monoisotopic (exact) mass is 314 g/mol. The van der Waals surface area contributed by atoms with Crippen LogP contribution in [0.4, 0.5) is 5.69 Å². The van der Waals surface area contributed by atoms with Crippen LogP contribution in [0.5, 0.6) is 0 Å². The predicted molar refractivity (Wildman–Crippen MR) is 79.7 cm³/mol. The Morgan fingerprint density at radius 1 is 1.27 bits per heavy atom. The average molecular weight is 314 g/mol. The van der Waals surface area contributed by atoms with Crippen LogP contribution in [0.3, 0.4) is 0 Å². The minimum absolute atomic E-state index is 0.123. The Balaban J connectivity index is 2.35. The van der Waals surface area contributed by atoms with E-state index in [2.05, 4.69) is 4.74 Å². The Kier molecular flexibility index (Phi) is 4.76. The van der Waals surface area contributed by atoms with Crippen molar-refractivity contribution in [3.05, 3.63) is 63.7 Å². The van der Waals surface area contributed by atoms with E-state index in [1.165, 1.54) is 37.1 Å². The summed E-state index contributed by atoms with van der Waals surface area (Å²) in [5.41, 5.74) is 0.468. The van der Waals surface area contributed by atoms with Gasteiger partial charge < -0.3 is 4.74 Å². The summed E-state index contributed by atoms with van der Waals surface area (Å²) in [6.07, 6.45) is 0. The summed E-state index contributed by atoms with van der Waals surface area (Å²) in [6.45, 7) is 0. The second-order valence-electron chi connectivity index (χ2n) is 4.17. The van der Waals surface area contributed by atoms with Crippen LogP contribution in [-0.2, 0) is 4.74 Å². The number of hydrogen-bond donors (Lipinski definition) is 0. The Bertz CT molecular complexity index is 766. The van der Waals surface area contributed by atoms with E-state index in [1.54, 1.807) is 24.3 Å². The lowest BCUT2D eigenvalue weighted by atomic mass is 10.2. The molecular formula is C15H10N2O4S. The third-order valence-corrected chi connectivity index (χ3v) is 3.86. The quantitative estimate of drug-likeness (QED) is 0.488. The molecule has 0 aliphatic rings. The molecule has 2 rings (SSSR count). The van der Waals surface area contributed by atoms with Crippen molar-refractivity contribution in [1.82, 2.24) is 0 Å². The molecule has 0 radical (unpaired) electrons. The summed E-state index contributed by atoms with van der Waals surface area (Å²) in [5.74, 6) is -0.627. The number of nitrogens with zero attached hydrogens (tertiary/aromatic N) is 2. The van der Waals surface area contributed by atoms with E-state index in [4.69, 9.17) is 5.26 Å². The number of methoxy groups -OCH3 is 1. The van der Waals surface area contributed by atoms with Gasteiger partial charge in [-0.15, -0.1) is 0 Å². The first-order valence-electron chi connectivity index (χ1n) is 6.10. The summed E-state index contributed by atoms with van der Waals surface area (Å²) in [4.78, 5) is 23.2. The van der Waals surface area contributed by atoms with E-state index in [-0.39, 0.29) is 11.3 Å². The minimum Gasteiger partial charge on any atom is -0.465 e. The second kappa shape index (κ2) is 6.74. The Hall–Kier alpha value is -2.85. The largest absolute Gasteiger partial charge is 0.465 e. The molecule has 0 N–H and O–H groups in total. The molecule has 0 unspecified atom stereocenters. The summed E-state index contributed by atoms with van der Waals surface area (Å²) < 4.78 is 4.56. The average Bonchev–Trinajstić information content (AvgIpc) is 2.55. The maximum absolute atomic E-state index is 11.4. The van der Waals surface area contributed by atoms with Gasteiger partial charge in [-0.05, 0) is 36.4 Å². The molecule has 7 heteroatoms. The van der Waals surface area contributed by atoms with Gasteiger partial charge in [0, 0.05) is 11.0 Å². The van der Waals surface area contributed by atoms with E-state index >= 15 is 0 Å². The second-order valence-corrected chi connectivity index (χ2v) is 5.28. The third kappa shape index (κ3) is 3.42. The van der Waals surface area contributed by atoms with E-state index in [0.717, 1.165) is 4.90 Å². The van der Waals surface area contributed by atoms with Crippen LogP contribution in [0.1, 0.15) is 15.9 Å². The van der Waals surface area contributed by atoms with Crippen molar-refractivity contribution in [1.29, 1.82) is 5.26 Å². The standard InChI is InChI=1S/C15H10N2O4S/c1-21-15(18)11-4-7-14(13(8-11)17(19)20)22-12-5-2-10(9-16)3-6-12/h2-8H,1H3. The number of nitro groups is 1. The molecule has 0 saturated heterocycles. The number of hydrogen-bond acceptors (Lipinski definition) is 6. The molecular weight excluding hydrogens is 304 g/mol. The van der Waals surface area contributed by atoms with E-state index < -0.39 is 10.9 Å². The number of benzene rings is 2. The molecule has 0 amide bonds. The number of carbonyl (C=O) groups is 1. The molecule has 22 heavy (non-hydrogen) atoms. The maximum atomic E-state index is 11.4. The highest BCUT2D eigenvalue weighted by Crippen LogP contribution is 2.35. The fourth-order valence-electron chi connectivity index (χ4n) is 1.72. The van der Waals surface area contributed by atoms with Crippen LogP contribution >= 0.6 is 11.8 Å². The van der Waals surface area contributed by atoms with Crippen LogP contribution in [0.25, 0.3) is 0 Å². The van der Waals surface area contributed by atoms with Crippen molar-refractivity contribution in [2.45, 2.75) is 9.79 Å². The van der Waals surface area contributed by atoms with Crippen molar-refractivity contribution in [3.8, 4) is 6.07 Å². The number of esters is 1. The predicted octanol–water partition coefficient (Wildman–Crippen LogP) is 3.40. The van der Waals surface area contributed by atoms with Crippen LogP contribution in [0, 0.1) is 21.4 Å². The zero-order chi connectivity index (χ0) is 16.1. The van der Waals surface area contributed by atoms with Crippen molar-refractivity contribution < 1.29 is 14.5 Å². The number of ether oxygens (including phenoxy) is 1. The van der Waals surface area contributed by atoms with Gasteiger partial charge in [-0.2, -0.15) is 5.26 Å². The molecule has 110 valence electrons. The van der Waals surface area contributed by atoms with Crippen LogP contribution in [-0.4, -0.2) is 18.0 Å². The van der Waals surface area contributed by atoms with Gasteiger partial charge in [-0.25, -0.2) is 4.79 Å². The molecule has 0 aliphatic carbocycles. The first kappa shape index (κ1) is 15.5. The maximum Gasteiger partial charge on any atom is 0.338 e. The highest BCUT2D eigenvalue weighted by atomic mass is 32.2. The number of nitro benzene ring substituents is 1. The first-order valence-corrected chi connectivity index (χ1v) is 6.91. The van der Waals surface area contributed by atoms with Crippen molar-refractivity contribution in [2.75, 3.05) is 7.11 Å². The van der Waals surface area contributed by atoms with E-state index in [0.29, 0.717) is 10.5 Å². The molecule has 0 saturated carbocycles. The molecule has 0 heterocycles. The molecule has 0 atom stereocenters. The normalized spacial score (nSPS) is 9.82. The molecule has 0 spiro atoms. The summed E-state index contributed by atoms with van der Waals surface area (Å²) >= 11 is 1.19. The SMILES string of the molecule is COC(=O)c1ccc(Sc2ccc(C#N)cc2)c([N+](=O)[O-])c1. The summed E-state index contributed by atoms with van der Waals surface area (Å²) in [5, 5.41) is 19.9. The summed E-state index contributed by atoms with van der Waals surface area (Å²) in [6, 6.07) is 12.9. The molecule has 0 fully saturated rings. The van der Waals surface area contributed by atoms with Gasteiger partial charge in [0.2, 0.25) is 0 Å². The Morgan fingerprint density at radius 3 is 2.50 bits per heavy atom. The first-order chi connectivity index (χ1) is 10.5. The van der Waals surface area contributed by atoms with Gasteiger partial charge in [-0.1, -0.05) is 11.8 Å². The molecule has 0 aromatic heterocycles. The van der Waals surface area contributed by atoms with Crippen LogP contribution < -0.4 is 0 Å². The zero-order valence-corrected chi connectivity index (χ0v) is 12.3. The number of carbonyl (C=O) groups excluding carboxylic acids is 1. The minimum atomic E-state index is -0.627. The van der Waals surface area contributed by atoms with Gasteiger partial charge in [0.1, 0.15) is 0 Å². The van der Waals surface area contributed by atoms with Crippen molar-refractivity contribution >= 4 is 23.4 Å². The van der Waals surface area contributed by atoms with Gasteiger partial charge in [0.25, 0.3) is 5.69 Å².